The van der Waals surface area contributed by atoms with Gasteiger partial charge in [0.2, 0.25) is 11.7 Å². The summed E-state index contributed by atoms with van der Waals surface area (Å²) in [6.45, 7) is 8.08. The Balaban J connectivity index is 0.830. The zero-order chi connectivity index (χ0) is 74.9. The number of carbonyl (C=O) groups excluding carboxylic acids is 7. The van der Waals surface area contributed by atoms with Crippen LogP contribution in [0.2, 0.25) is 0 Å². The number of ketones is 2. The lowest BCUT2D eigenvalue weighted by Crippen LogP contribution is -2.82. The molecule has 1 spiro atoms. The monoisotopic (exact) mass is 1450 g/mol. The van der Waals surface area contributed by atoms with Crippen LogP contribution in [0.25, 0.3) is 10.9 Å². The second-order valence-electron chi connectivity index (χ2n) is 30.0. The zero-order valence-corrected chi connectivity index (χ0v) is 60.2. The van der Waals surface area contributed by atoms with E-state index in [9.17, 15) is 49.8 Å². The van der Waals surface area contributed by atoms with Crippen molar-refractivity contribution in [2.45, 2.75) is 175 Å². The van der Waals surface area contributed by atoms with E-state index in [1.165, 1.54) is 46.5 Å². The molecule has 0 radical (unpaired) electrons. The number of carbonyl (C=O) groups is 7. The number of hydrazone groups is 1. The maximum Gasteiger partial charge on any atom is 0.356 e. The van der Waals surface area contributed by atoms with Crippen molar-refractivity contribution in [3.63, 3.8) is 0 Å². The van der Waals surface area contributed by atoms with Gasteiger partial charge in [-0.2, -0.15) is 5.10 Å². The molecule has 4 fully saturated rings. The number of H-pyrrole nitrogens is 1. The number of nitrogens with two attached hydrogens (primary N) is 1. The molecule has 14 rings (SSSR count). The number of aromatic amines is 1. The lowest BCUT2D eigenvalue weighted by atomic mass is 9.47. The minimum absolute atomic E-state index is 0.0213. The Morgan fingerprint density at radius 1 is 0.848 bits per heavy atom. The molecule has 3 aliphatic carbocycles. The highest BCUT2D eigenvalue weighted by Gasteiger charge is 2.82. The maximum atomic E-state index is 15.9. The van der Waals surface area contributed by atoms with Crippen LogP contribution < -0.4 is 25.5 Å². The first-order valence-corrected chi connectivity index (χ1v) is 35.9. The van der Waals surface area contributed by atoms with Crippen LogP contribution in [0.1, 0.15) is 157 Å². The molecule has 105 heavy (non-hydrogen) atoms. The van der Waals surface area contributed by atoms with Gasteiger partial charge in [-0.25, -0.2) is 10.2 Å². The number of phenols is 2. The van der Waals surface area contributed by atoms with E-state index in [1.807, 2.05) is 67.3 Å². The molecule has 3 saturated heterocycles. The molecule has 1 amide bonds. The summed E-state index contributed by atoms with van der Waals surface area (Å²) in [4.78, 5) is 114. The molecule has 28 heteroatoms. The molecule has 1 saturated carbocycles. The number of methoxy groups -OCH3 is 4. The normalized spacial score (nSPS) is 32.9. The van der Waals surface area contributed by atoms with E-state index in [2.05, 4.69) is 25.3 Å². The van der Waals surface area contributed by atoms with Crippen LogP contribution in [0.3, 0.4) is 0 Å². The number of amides is 1. The summed E-state index contributed by atoms with van der Waals surface area (Å²) in [7, 11) is 7.06. The number of aliphatic hydroxyl groups is 4. The summed E-state index contributed by atoms with van der Waals surface area (Å²) in [5.41, 5.74) is -0.133. The molecule has 2 bridgehead atoms. The number of esters is 4. The number of para-hydroxylation sites is 1. The van der Waals surface area contributed by atoms with Crippen LogP contribution in [0.4, 0.5) is 5.69 Å². The van der Waals surface area contributed by atoms with Crippen molar-refractivity contribution < 1.29 is 102 Å². The number of rotatable bonds is 17. The summed E-state index contributed by atoms with van der Waals surface area (Å²) >= 11 is 0. The lowest BCUT2D eigenvalue weighted by molar-refractivity contribution is -0.245. The number of ether oxygens (including phenoxy) is 8. The van der Waals surface area contributed by atoms with Gasteiger partial charge in [0.15, 0.2) is 18.2 Å². The molecule has 7 heterocycles. The van der Waals surface area contributed by atoms with Crippen LogP contribution in [-0.4, -0.2) is 227 Å². The van der Waals surface area contributed by atoms with E-state index in [1.54, 1.807) is 14.0 Å². The second-order valence-corrected chi connectivity index (χ2v) is 30.0. The van der Waals surface area contributed by atoms with Crippen LogP contribution in [0.15, 0.2) is 71.9 Å². The van der Waals surface area contributed by atoms with Crippen molar-refractivity contribution in [2.75, 3.05) is 79.7 Å². The molecule has 4 aromatic carbocycles. The number of aliphatic hydroxyl groups excluding tert-OH is 2. The van der Waals surface area contributed by atoms with Crippen molar-refractivity contribution in [1.82, 2.24) is 20.2 Å². The number of nitrogens with zero attached hydrogens (tertiary/aromatic N) is 4. The topological polar surface area (TPSA) is 391 Å². The van der Waals surface area contributed by atoms with Gasteiger partial charge in [0.1, 0.15) is 34.0 Å². The highest BCUT2D eigenvalue weighted by molar-refractivity contribution is 6.31. The van der Waals surface area contributed by atoms with Crippen LogP contribution in [-0.2, 0) is 76.1 Å². The minimum atomic E-state index is -2.56. The summed E-state index contributed by atoms with van der Waals surface area (Å²) < 4.78 is 49.6. The third kappa shape index (κ3) is 11.0. The number of aromatic nitrogens is 1. The largest absolute Gasteiger partial charge is 0.507 e. The number of anilines is 1. The number of hydrogen-bond acceptors (Lipinski definition) is 26. The summed E-state index contributed by atoms with van der Waals surface area (Å²) in [5, 5.41) is 76.5. The molecule has 3 unspecified atom stereocenters. The van der Waals surface area contributed by atoms with Gasteiger partial charge in [-0.1, -0.05) is 56.3 Å². The van der Waals surface area contributed by atoms with Gasteiger partial charge in [0, 0.05) is 139 Å². The number of fused-ring (bicyclic) bond motifs is 9. The predicted octanol–water partition coefficient (Wildman–Crippen LogP) is 4.24. The van der Waals surface area contributed by atoms with E-state index in [0.717, 1.165) is 23.6 Å². The van der Waals surface area contributed by atoms with Crippen LogP contribution >= 0.6 is 0 Å². The molecule has 16 atom stereocenters. The molecule has 9 aliphatic rings. The van der Waals surface area contributed by atoms with Crippen molar-refractivity contribution in [3.05, 3.63) is 123 Å². The maximum absolute atomic E-state index is 15.9. The van der Waals surface area contributed by atoms with Gasteiger partial charge < -0.3 is 84.2 Å². The van der Waals surface area contributed by atoms with E-state index >= 15 is 14.4 Å². The number of piperidine rings is 1. The van der Waals surface area contributed by atoms with Gasteiger partial charge in [0.25, 0.3) is 5.60 Å². The Morgan fingerprint density at radius 3 is 2.29 bits per heavy atom. The van der Waals surface area contributed by atoms with Crippen molar-refractivity contribution in [3.8, 4) is 23.0 Å². The molecular formula is C77H91N7O21. The number of phenolic OH excluding ortho intramolecular Hbond substituents is 2. The average molecular weight is 1450 g/mol. The molecule has 10 N–H and O–H groups in total. The molecule has 1 aromatic heterocycles. The molecule has 560 valence electrons. The fourth-order valence-electron chi connectivity index (χ4n) is 20.2. The summed E-state index contributed by atoms with van der Waals surface area (Å²) in [6, 6.07) is 13.3. The number of aromatic hydroxyl groups is 2. The van der Waals surface area contributed by atoms with E-state index < -0.39 is 184 Å². The Kier molecular flexibility index (Phi) is 18.7. The van der Waals surface area contributed by atoms with Crippen molar-refractivity contribution in [1.29, 1.82) is 0 Å². The molecular weight excluding hydrogens is 1360 g/mol. The van der Waals surface area contributed by atoms with E-state index in [0.29, 0.717) is 86.7 Å². The lowest BCUT2D eigenvalue weighted by Gasteiger charge is -2.64. The third-order valence-corrected chi connectivity index (χ3v) is 24.6. The Labute approximate surface area is 605 Å². The standard InChI is InChI=1S/C77H91N7O21/c1-10-72(96)31-40-32-76(70(94)100-8,66-42(22-26-83(35-40)37-72)41-16-12-13-18-48(41)79-66)46-28-45-49(30-51(46)99-7)82(5)68-75(45)24-27-84-25-15-23-73(11-2,67(75)84)69(103-39(4)86)77(68,71(95)101-9)105-55(88)21-20-54(87)81-80-53(36-85)74(97)33-44-58(52(34-74)104-56-29-47(78)61(89)38(3)102-56)65(93)60-59(63(44)91)62(90)43-17-14-19-50(98-6)57(43)64(60)92/h12-19,23,28,30,38,40,47,52,56,61,67-69,79,85,89,91,93,96-97H,10-11,20-22,24-27,29,31-37,78H2,1-9H3,(H,81,87)/b80-53+/t38-,40+,47-,52-,56-,61+,67?,68+,69+,72-,73+,74-,75?,76-,77-/m0/s1. The number of likely N-dealkylation sites (N-methyl/N-ethyl adjacent to an activating group) is 1. The number of hydrogen-bond donors (Lipinski definition) is 9. The first-order chi connectivity index (χ1) is 50.1. The minimum Gasteiger partial charge on any atom is -0.507 e. The number of nitrogens with one attached hydrogen (secondary N) is 2. The Bertz CT molecular complexity index is 4490. The van der Waals surface area contributed by atoms with E-state index in [-0.39, 0.29) is 53.2 Å². The fourth-order valence-corrected chi connectivity index (χ4v) is 20.2. The predicted molar refractivity (Wildman–Crippen MR) is 376 cm³/mol. The summed E-state index contributed by atoms with van der Waals surface area (Å²) in [5.74, 6) is -7.78. The molecule has 6 aliphatic heterocycles. The fraction of sp³-hybridized carbons (Fsp3) is 0.532. The Hall–Kier alpha value is -8.84. The smallest absolute Gasteiger partial charge is 0.356 e. The van der Waals surface area contributed by atoms with Gasteiger partial charge in [-0.3, -0.25) is 38.6 Å². The van der Waals surface area contributed by atoms with Gasteiger partial charge in [0.05, 0.1) is 93.8 Å². The van der Waals surface area contributed by atoms with E-state index in [4.69, 9.17) is 43.6 Å². The third-order valence-electron chi connectivity index (χ3n) is 24.6. The first kappa shape index (κ1) is 73.1. The molecule has 28 nitrogen and oxygen atoms in total. The first-order valence-electron chi connectivity index (χ1n) is 35.9. The van der Waals surface area contributed by atoms with Crippen molar-refractivity contribution >= 4 is 63.7 Å². The van der Waals surface area contributed by atoms with Crippen LogP contribution in [0.5, 0.6) is 23.0 Å². The average Bonchev–Trinajstić information content (AvgIpc) is 1.55. The molecule has 5 aromatic rings. The highest BCUT2D eigenvalue weighted by atomic mass is 16.7. The van der Waals surface area contributed by atoms with Crippen LogP contribution in [0, 0.1) is 11.3 Å². The Morgan fingerprint density at radius 2 is 1.59 bits per heavy atom. The summed E-state index contributed by atoms with van der Waals surface area (Å²) in [6.07, 6.45) is -3.28. The van der Waals surface area contributed by atoms with Gasteiger partial charge >= 0.3 is 23.9 Å². The van der Waals surface area contributed by atoms with Gasteiger partial charge in [-0.05, 0) is 87.2 Å². The number of benzene rings is 4. The zero-order valence-electron chi connectivity index (χ0n) is 60.2. The van der Waals surface area contributed by atoms with Gasteiger partial charge in [-0.15, -0.1) is 0 Å². The van der Waals surface area contributed by atoms with Crippen molar-refractivity contribution in [2.24, 2.45) is 22.2 Å². The second kappa shape index (κ2) is 26.9. The highest BCUT2D eigenvalue weighted by Crippen LogP contribution is 2.69. The SMILES string of the molecule is CC[C@]1(O)C[C@H]2CN(CCc3c([nH]c4ccccc34)[C@@](C(=O)OC)(c3cc4c(cc3OC)N(C)[C@@H]3C45CCN4CC=C[C@](CC)(C45)[C@@H](OC(C)=O)[C@]3(OC(=O)CCC(=O)N/N=C(\CO)[C@]3(O)Cc4c(O)c5c(c(O)c4[C@@H](O[C@H]4C[C@H](N)[C@H](O)[C@H](C)O4)C3)C(=O)c3c(OC)cccc3C5=O)C(=O)OC)C2)C1. The quantitative estimate of drug-likeness (QED) is 0.0154.